The van der Waals surface area contributed by atoms with Crippen molar-refractivity contribution in [1.29, 1.82) is 0 Å². The van der Waals surface area contributed by atoms with Crippen molar-refractivity contribution in [3.05, 3.63) is 24.1 Å². The molecule has 1 saturated heterocycles. The zero-order chi connectivity index (χ0) is 10.7. The van der Waals surface area contributed by atoms with Crippen LogP contribution in [-0.4, -0.2) is 23.7 Å². The number of ether oxygens (including phenoxy) is 1. The Bertz CT molecular complexity index is 332. The summed E-state index contributed by atoms with van der Waals surface area (Å²) in [6.07, 6.45) is 3.63. The van der Waals surface area contributed by atoms with Crippen LogP contribution in [0.4, 0.5) is 10.2 Å². The highest BCUT2D eigenvalue weighted by Gasteiger charge is 2.20. The summed E-state index contributed by atoms with van der Waals surface area (Å²) < 4.78 is 18.7. The zero-order valence-corrected chi connectivity index (χ0v) is 8.74. The van der Waals surface area contributed by atoms with Crippen molar-refractivity contribution >= 4 is 5.82 Å². The van der Waals surface area contributed by atoms with Gasteiger partial charge in [-0.3, -0.25) is 0 Å². The van der Waals surface area contributed by atoms with Gasteiger partial charge in [-0.15, -0.1) is 0 Å². The third-order valence-corrected chi connectivity index (χ3v) is 2.58. The molecule has 2 heterocycles. The highest BCUT2D eigenvalue weighted by atomic mass is 19.1. The van der Waals surface area contributed by atoms with Crippen LogP contribution < -0.4 is 5.32 Å². The van der Waals surface area contributed by atoms with Crippen molar-refractivity contribution in [2.75, 3.05) is 11.9 Å². The Morgan fingerprint density at radius 1 is 1.60 bits per heavy atom. The van der Waals surface area contributed by atoms with Gasteiger partial charge in [-0.05, 0) is 31.9 Å². The molecule has 1 aliphatic rings. The van der Waals surface area contributed by atoms with E-state index in [1.807, 2.05) is 6.92 Å². The molecule has 4 heteroatoms. The first kappa shape index (κ1) is 10.4. The monoisotopic (exact) mass is 210 g/mol. The summed E-state index contributed by atoms with van der Waals surface area (Å²) in [7, 11) is 0. The van der Waals surface area contributed by atoms with E-state index in [9.17, 15) is 4.39 Å². The highest BCUT2D eigenvalue weighted by molar-refractivity contribution is 5.36. The molecule has 82 valence electrons. The SMILES string of the molecule is C[C@@H]1C[C@H](Nc2ncccc2F)CCO1. The Morgan fingerprint density at radius 3 is 3.20 bits per heavy atom. The van der Waals surface area contributed by atoms with E-state index in [1.54, 1.807) is 12.3 Å². The van der Waals surface area contributed by atoms with Crippen molar-refractivity contribution in [2.45, 2.75) is 31.9 Å². The standard InChI is InChI=1S/C11H15FN2O/c1-8-7-9(4-6-15-8)14-11-10(12)3-2-5-13-11/h2-3,5,8-9H,4,6-7H2,1H3,(H,13,14)/t8-,9-/m1/s1. The molecule has 0 saturated carbocycles. The van der Waals surface area contributed by atoms with E-state index in [4.69, 9.17) is 4.74 Å². The molecular formula is C11H15FN2O. The zero-order valence-electron chi connectivity index (χ0n) is 8.74. The molecule has 0 amide bonds. The molecule has 2 atom stereocenters. The predicted octanol–water partition coefficient (Wildman–Crippen LogP) is 2.20. The van der Waals surface area contributed by atoms with E-state index in [-0.39, 0.29) is 18.0 Å². The number of nitrogens with zero attached hydrogens (tertiary/aromatic N) is 1. The van der Waals surface area contributed by atoms with Crippen LogP contribution in [0.2, 0.25) is 0 Å². The summed E-state index contributed by atoms with van der Waals surface area (Å²) in [6.45, 7) is 2.76. The highest BCUT2D eigenvalue weighted by Crippen LogP contribution is 2.18. The number of aromatic nitrogens is 1. The van der Waals surface area contributed by atoms with Gasteiger partial charge in [0.1, 0.15) is 0 Å². The van der Waals surface area contributed by atoms with Gasteiger partial charge in [0.15, 0.2) is 11.6 Å². The van der Waals surface area contributed by atoms with Crippen molar-refractivity contribution < 1.29 is 9.13 Å². The van der Waals surface area contributed by atoms with Crippen LogP contribution in [0.5, 0.6) is 0 Å². The number of rotatable bonds is 2. The van der Waals surface area contributed by atoms with Gasteiger partial charge in [0, 0.05) is 18.8 Å². The van der Waals surface area contributed by atoms with E-state index < -0.39 is 0 Å². The Hall–Kier alpha value is -1.16. The quantitative estimate of drug-likeness (QED) is 0.812. The van der Waals surface area contributed by atoms with Crippen LogP contribution in [0.3, 0.4) is 0 Å². The van der Waals surface area contributed by atoms with Crippen LogP contribution in [-0.2, 0) is 4.74 Å². The van der Waals surface area contributed by atoms with Crippen LogP contribution >= 0.6 is 0 Å². The largest absolute Gasteiger partial charge is 0.378 e. The Kier molecular flexibility index (Phi) is 3.16. The van der Waals surface area contributed by atoms with Crippen molar-refractivity contribution in [2.24, 2.45) is 0 Å². The number of hydrogen-bond acceptors (Lipinski definition) is 3. The van der Waals surface area contributed by atoms with Crippen LogP contribution in [0.25, 0.3) is 0 Å². The third kappa shape index (κ3) is 2.65. The fourth-order valence-electron chi connectivity index (χ4n) is 1.81. The fourth-order valence-corrected chi connectivity index (χ4v) is 1.81. The van der Waals surface area contributed by atoms with Gasteiger partial charge in [-0.25, -0.2) is 9.37 Å². The molecule has 0 spiro atoms. The topological polar surface area (TPSA) is 34.2 Å². The van der Waals surface area contributed by atoms with E-state index in [0.717, 1.165) is 19.4 Å². The smallest absolute Gasteiger partial charge is 0.165 e. The second-order valence-corrected chi connectivity index (χ2v) is 3.88. The summed E-state index contributed by atoms with van der Waals surface area (Å²) in [5, 5.41) is 3.11. The van der Waals surface area contributed by atoms with Crippen molar-refractivity contribution in [3.8, 4) is 0 Å². The summed E-state index contributed by atoms with van der Waals surface area (Å²) in [5.74, 6) is 0.0493. The lowest BCUT2D eigenvalue weighted by molar-refractivity contribution is 0.0231. The minimum Gasteiger partial charge on any atom is -0.378 e. The minimum atomic E-state index is -0.295. The first-order chi connectivity index (χ1) is 7.25. The molecule has 1 fully saturated rings. The summed E-state index contributed by atoms with van der Waals surface area (Å²) in [6, 6.07) is 3.27. The fraction of sp³-hybridized carbons (Fsp3) is 0.545. The van der Waals surface area contributed by atoms with Crippen LogP contribution in [0.15, 0.2) is 18.3 Å². The minimum absolute atomic E-state index is 0.239. The molecule has 15 heavy (non-hydrogen) atoms. The number of anilines is 1. The Morgan fingerprint density at radius 2 is 2.47 bits per heavy atom. The Labute approximate surface area is 88.7 Å². The third-order valence-electron chi connectivity index (χ3n) is 2.58. The second kappa shape index (κ2) is 4.57. The van der Waals surface area contributed by atoms with Gasteiger partial charge in [0.2, 0.25) is 0 Å². The summed E-state index contributed by atoms with van der Waals surface area (Å²) in [4.78, 5) is 3.97. The molecular weight excluding hydrogens is 195 g/mol. The average Bonchev–Trinajstić information content (AvgIpc) is 2.22. The molecule has 0 aliphatic carbocycles. The maximum atomic E-state index is 13.3. The molecule has 0 aromatic carbocycles. The molecule has 0 bridgehead atoms. The second-order valence-electron chi connectivity index (χ2n) is 3.88. The molecule has 0 radical (unpaired) electrons. The molecule has 1 aliphatic heterocycles. The number of hydrogen-bond donors (Lipinski definition) is 1. The van der Waals surface area contributed by atoms with Gasteiger partial charge in [-0.1, -0.05) is 0 Å². The van der Waals surface area contributed by atoms with E-state index in [1.165, 1.54) is 6.07 Å². The molecule has 3 nitrogen and oxygen atoms in total. The number of pyridine rings is 1. The van der Waals surface area contributed by atoms with Crippen LogP contribution in [0.1, 0.15) is 19.8 Å². The predicted molar refractivity (Wildman–Crippen MR) is 56.3 cm³/mol. The first-order valence-electron chi connectivity index (χ1n) is 5.24. The van der Waals surface area contributed by atoms with Gasteiger partial charge in [-0.2, -0.15) is 0 Å². The normalized spacial score (nSPS) is 26.3. The molecule has 1 aromatic heterocycles. The van der Waals surface area contributed by atoms with Gasteiger partial charge < -0.3 is 10.1 Å². The maximum Gasteiger partial charge on any atom is 0.165 e. The summed E-state index contributed by atoms with van der Waals surface area (Å²) >= 11 is 0. The number of halogens is 1. The number of nitrogens with one attached hydrogen (secondary N) is 1. The maximum absolute atomic E-state index is 13.3. The Balaban J connectivity index is 1.99. The van der Waals surface area contributed by atoms with E-state index in [2.05, 4.69) is 10.3 Å². The molecule has 0 unspecified atom stereocenters. The lowest BCUT2D eigenvalue weighted by Gasteiger charge is -2.28. The molecule has 2 rings (SSSR count). The first-order valence-corrected chi connectivity index (χ1v) is 5.24. The van der Waals surface area contributed by atoms with Crippen LogP contribution in [0, 0.1) is 5.82 Å². The van der Waals surface area contributed by atoms with E-state index in [0.29, 0.717) is 5.82 Å². The van der Waals surface area contributed by atoms with Gasteiger partial charge in [0.05, 0.1) is 6.10 Å². The van der Waals surface area contributed by atoms with Gasteiger partial charge >= 0.3 is 0 Å². The van der Waals surface area contributed by atoms with Crippen molar-refractivity contribution in [1.82, 2.24) is 4.98 Å². The average molecular weight is 210 g/mol. The lowest BCUT2D eigenvalue weighted by Crippen LogP contribution is -2.33. The summed E-state index contributed by atoms with van der Waals surface area (Å²) in [5.41, 5.74) is 0. The van der Waals surface area contributed by atoms with E-state index >= 15 is 0 Å². The molecule has 1 N–H and O–H groups in total. The molecule has 1 aromatic rings. The van der Waals surface area contributed by atoms with Gasteiger partial charge in [0.25, 0.3) is 0 Å². The van der Waals surface area contributed by atoms with Crippen molar-refractivity contribution in [3.63, 3.8) is 0 Å². The lowest BCUT2D eigenvalue weighted by atomic mass is 10.0.